The fraction of sp³-hybridized carbons (Fsp3) is 0.188. The predicted octanol–water partition coefficient (Wildman–Crippen LogP) is 3.86. The maximum Gasteiger partial charge on any atom is 0.269 e. The van der Waals surface area contributed by atoms with Gasteiger partial charge in [0.2, 0.25) is 5.91 Å². The Balaban J connectivity index is 0.000000211. The lowest BCUT2D eigenvalue weighted by Gasteiger charge is -2.00. The average Bonchev–Trinajstić information content (AvgIpc) is 2.42. The fourth-order valence-electron chi connectivity index (χ4n) is 1.51. The van der Waals surface area contributed by atoms with E-state index in [0.29, 0.717) is 0 Å². The normalized spacial score (nSPS) is 9.29. The molecule has 0 aliphatic carbocycles. The van der Waals surface area contributed by atoms with E-state index in [-0.39, 0.29) is 11.6 Å². The average molecular weight is 286 g/mol. The van der Waals surface area contributed by atoms with Crippen molar-refractivity contribution in [2.75, 3.05) is 5.32 Å². The summed E-state index contributed by atoms with van der Waals surface area (Å²) in [6, 6.07) is 14.1. The van der Waals surface area contributed by atoms with Crippen LogP contribution in [0.25, 0.3) is 0 Å². The van der Waals surface area contributed by atoms with E-state index in [1.165, 1.54) is 24.6 Å². The fourth-order valence-corrected chi connectivity index (χ4v) is 1.51. The number of anilines is 1. The molecule has 0 aromatic heterocycles. The summed E-state index contributed by atoms with van der Waals surface area (Å²) < 4.78 is 0. The first-order valence-electron chi connectivity index (χ1n) is 6.44. The molecule has 0 unspecified atom stereocenters. The van der Waals surface area contributed by atoms with Crippen molar-refractivity contribution in [3.8, 4) is 0 Å². The summed E-state index contributed by atoms with van der Waals surface area (Å²) in [5.41, 5.74) is 3.22. The van der Waals surface area contributed by atoms with Crippen molar-refractivity contribution < 1.29 is 9.72 Å². The third kappa shape index (κ3) is 6.33. The molecule has 2 rings (SSSR count). The van der Waals surface area contributed by atoms with Crippen molar-refractivity contribution in [2.45, 2.75) is 20.8 Å². The number of rotatable bonds is 2. The molecule has 0 aliphatic heterocycles. The Bertz CT molecular complexity index is 604. The Labute approximate surface area is 123 Å². The molecule has 0 spiro atoms. The van der Waals surface area contributed by atoms with Gasteiger partial charge in [-0.2, -0.15) is 0 Å². The molecule has 110 valence electrons. The van der Waals surface area contributed by atoms with Gasteiger partial charge in [0.15, 0.2) is 0 Å². The first-order valence-corrected chi connectivity index (χ1v) is 6.44. The van der Waals surface area contributed by atoms with Gasteiger partial charge < -0.3 is 5.32 Å². The summed E-state index contributed by atoms with van der Waals surface area (Å²) in [5.74, 6) is -0.0335. The molecule has 2 aromatic rings. The molecular weight excluding hydrogens is 268 g/mol. The van der Waals surface area contributed by atoms with Gasteiger partial charge in [-0.15, -0.1) is 0 Å². The zero-order valence-electron chi connectivity index (χ0n) is 12.3. The number of benzene rings is 2. The van der Waals surface area contributed by atoms with Gasteiger partial charge >= 0.3 is 0 Å². The molecule has 0 heterocycles. The van der Waals surface area contributed by atoms with Gasteiger partial charge in [0.05, 0.1) is 4.92 Å². The lowest BCUT2D eigenvalue weighted by molar-refractivity contribution is -0.384. The molecule has 0 saturated carbocycles. The number of hydrogen-bond acceptors (Lipinski definition) is 3. The Hall–Kier alpha value is -2.69. The quantitative estimate of drug-likeness (QED) is 0.673. The van der Waals surface area contributed by atoms with Gasteiger partial charge in [0.25, 0.3) is 5.69 Å². The molecule has 0 aliphatic rings. The highest BCUT2D eigenvalue weighted by Gasteiger charge is 2.00. The van der Waals surface area contributed by atoms with E-state index in [0.717, 1.165) is 11.3 Å². The third-order valence-corrected chi connectivity index (χ3v) is 2.62. The Morgan fingerprint density at radius 3 is 1.76 bits per heavy atom. The largest absolute Gasteiger partial charge is 0.326 e. The van der Waals surface area contributed by atoms with Gasteiger partial charge in [-0.05, 0) is 26.0 Å². The topological polar surface area (TPSA) is 72.2 Å². The number of nitro benzene ring substituents is 1. The number of nitrogens with one attached hydrogen (secondary N) is 1. The van der Waals surface area contributed by atoms with Crippen molar-refractivity contribution >= 4 is 17.3 Å². The molecule has 0 saturated heterocycles. The van der Waals surface area contributed by atoms with E-state index < -0.39 is 4.92 Å². The summed E-state index contributed by atoms with van der Waals surface area (Å²) >= 11 is 0. The monoisotopic (exact) mass is 286 g/mol. The van der Waals surface area contributed by atoms with Gasteiger partial charge in [-0.3, -0.25) is 14.9 Å². The first-order chi connectivity index (χ1) is 9.88. The van der Waals surface area contributed by atoms with E-state index in [2.05, 4.69) is 5.32 Å². The second-order valence-corrected chi connectivity index (χ2v) is 4.64. The number of amides is 1. The van der Waals surface area contributed by atoms with Crippen LogP contribution in [0, 0.1) is 24.0 Å². The molecule has 5 nitrogen and oxygen atoms in total. The number of nitro groups is 1. The van der Waals surface area contributed by atoms with E-state index >= 15 is 0 Å². The van der Waals surface area contributed by atoms with Crippen LogP contribution >= 0.6 is 0 Å². The molecule has 0 fully saturated rings. The van der Waals surface area contributed by atoms with Gasteiger partial charge in [-0.1, -0.05) is 35.4 Å². The van der Waals surface area contributed by atoms with E-state index in [1.54, 1.807) is 12.1 Å². The summed E-state index contributed by atoms with van der Waals surface area (Å²) in [7, 11) is 0. The molecule has 1 amide bonds. The van der Waals surface area contributed by atoms with Crippen LogP contribution in [0.4, 0.5) is 11.4 Å². The smallest absolute Gasteiger partial charge is 0.269 e. The van der Waals surface area contributed by atoms with Crippen LogP contribution in [-0.4, -0.2) is 10.8 Å². The van der Waals surface area contributed by atoms with Gasteiger partial charge in [-0.25, -0.2) is 0 Å². The van der Waals surface area contributed by atoms with Crippen molar-refractivity contribution in [1.82, 2.24) is 0 Å². The van der Waals surface area contributed by atoms with E-state index in [9.17, 15) is 14.9 Å². The maximum atomic E-state index is 10.6. The third-order valence-electron chi connectivity index (χ3n) is 2.62. The highest BCUT2D eigenvalue weighted by molar-refractivity contribution is 5.88. The number of nitrogens with zero attached hydrogens (tertiary/aromatic N) is 1. The highest BCUT2D eigenvalue weighted by Crippen LogP contribution is 2.10. The minimum Gasteiger partial charge on any atom is -0.326 e. The van der Waals surface area contributed by atoms with Crippen LogP contribution in [0.15, 0.2) is 48.5 Å². The summed E-state index contributed by atoms with van der Waals surface area (Å²) in [5, 5.41) is 12.8. The van der Waals surface area contributed by atoms with Crippen molar-refractivity contribution in [3.05, 3.63) is 69.8 Å². The lowest BCUT2D eigenvalue weighted by atomic mass is 10.2. The van der Waals surface area contributed by atoms with Crippen LogP contribution in [-0.2, 0) is 4.79 Å². The minimum absolute atomic E-state index is 0.0335. The Kier molecular flexibility index (Phi) is 6.07. The van der Waals surface area contributed by atoms with Crippen molar-refractivity contribution in [3.63, 3.8) is 0 Å². The van der Waals surface area contributed by atoms with Gasteiger partial charge in [0.1, 0.15) is 0 Å². The predicted molar refractivity (Wildman–Crippen MR) is 83.3 cm³/mol. The maximum absolute atomic E-state index is 10.6. The summed E-state index contributed by atoms with van der Waals surface area (Å²) in [4.78, 5) is 20.3. The second kappa shape index (κ2) is 7.79. The van der Waals surface area contributed by atoms with Crippen LogP contribution in [0.1, 0.15) is 18.1 Å². The first kappa shape index (κ1) is 16.4. The van der Waals surface area contributed by atoms with Crippen LogP contribution in [0.3, 0.4) is 0 Å². The summed E-state index contributed by atoms with van der Waals surface area (Å²) in [6.45, 7) is 5.40. The van der Waals surface area contributed by atoms with E-state index in [4.69, 9.17) is 0 Å². The standard InChI is InChI=1S/C9H11NO.C7H7NO2/c1-7-3-5-9(6-4-7)10-8(2)11;1-6-2-4-7(5-3-6)8(9)10/h3-6H,1-2H3,(H,10,11);2-5H,1H3. The number of aryl methyl sites for hydroxylation is 2. The Morgan fingerprint density at radius 1 is 0.952 bits per heavy atom. The molecule has 0 bridgehead atoms. The number of hydrogen-bond donors (Lipinski definition) is 1. The van der Waals surface area contributed by atoms with E-state index in [1.807, 2.05) is 38.1 Å². The Morgan fingerprint density at radius 2 is 1.38 bits per heavy atom. The van der Waals surface area contributed by atoms with Crippen LogP contribution < -0.4 is 5.32 Å². The second-order valence-electron chi connectivity index (χ2n) is 4.64. The molecular formula is C16H18N2O3. The molecule has 2 aromatic carbocycles. The van der Waals surface area contributed by atoms with Crippen LogP contribution in [0.5, 0.6) is 0 Å². The number of carbonyl (C=O) groups excluding carboxylic acids is 1. The molecule has 0 atom stereocenters. The van der Waals surface area contributed by atoms with Crippen molar-refractivity contribution in [2.24, 2.45) is 0 Å². The highest BCUT2D eigenvalue weighted by atomic mass is 16.6. The van der Waals surface area contributed by atoms with Gasteiger partial charge in [0, 0.05) is 24.7 Å². The molecule has 1 N–H and O–H groups in total. The van der Waals surface area contributed by atoms with Crippen LogP contribution in [0.2, 0.25) is 0 Å². The zero-order chi connectivity index (χ0) is 15.8. The SMILES string of the molecule is CC(=O)Nc1ccc(C)cc1.Cc1ccc([N+](=O)[O-])cc1. The number of carbonyl (C=O) groups is 1. The minimum atomic E-state index is -0.403. The number of non-ortho nitro benzene ring substituents is 1. The summed E-state index contributed by atoms with van der Waals surface area (Å²) in [6.07, 6.45) is 0. The van der Waals surface area contributed by atoms with Crippen molar-refractivity contribution in [1.29, 1.82) is 0 Å². The molecule has 5 heteroatoms. The zero-order valence-corrected chi connectivity index (χ0v) is 12.3. The molecule has 0 radical (unpaired) electrons. The lowest BCUT2D eigenvalue weighted by Crippen LogP contribution is -2.05. The molecule has 21 heavy (non-hydrogen) atoms.